The lowest BCUT2D eigenvalue weighted by atomic mass is 9.58. The number of amides is 1. The molecule has 42 heavy (non-hydrogen) atoms. The molecule has 2 N–H and O–H groups in total. The van der Waals surface area contributed by atoms with Crippen molar-refractivity contribution < 1.29 is 27.1 Å². The fourth-order valence-corrected chi connectivity index (χ4v) is 6.50. The number of hydrogen-bond donors (Lipinski definition) is 2. The quantitative estimate of drug-likeness (QED) is 0.314. The number of nitrogens with one attached hydrogen (secondary N) is 2. The Morgan fingerprint density at radius 3 is 2.55 bits per heavy atom. The summed E-state index contributed by atoms with van der Waals surface area (Å²) in [6.45, 7) is 9.37. The number of nitrogens with zero attached hydrogens (tertiary/aromatic N) is 3. The number of carbonyl (C=O) groups is 1. The molecule has 5 rings (SSSR count). The second-order valence-electron chi connectivity index (χ2n) is 11.9. The van der Waals surface area contributed by atoms with Crippen LogP contribution >= 0.6 is 0 Å². The molecule has 1 fully saturated rings. The van der Waals surface area contributed by atoms with Crippen LogP contribution < -0.4 is 19.7 Å². The Morgan fingerprint density at radius 2 is 1.88 bits per heavy atom. The van der Waals surface area contributed by atoms with E-state index in [1.165, 1.54) is 18.3 Å². The van der Waals surface area contributed by atoms with Gasteiger partial charge in [0.2, 0.25) is 21.8 Å². The molecule has 2 aromatic heterocycles. The molecule has 0 atom stereocenters. The van der Waals surface area contributed by atoms with Crippen molar-refractivity contribution in [3.05, 3.63) is 42.0 Å². The molecule has 1 amide bonds. The minimum absolute atomic E-state index is 0.00763. The third-order valence-corrected chi connectivity index (χ3v) is 8.37. The molecule has 3 aromatic rings. The lowest BCUT2D eigenvalue weighted by molar-refractivity contribution is -0.129. The van der Waals surface area contributed by atoms with Gasteiger partial charge in [-0.15, -0.1) is 0 Å². The van der Waals surface area contributed by atoms with Crippen LogP contribution in [0.25, 0.3) is 22.0 Å². The van der Waals surface area contributed by atoms with Crippen molar-refractivity contribution >= 4 is 38.2 Å². The van der Waals surface area contributed by atoms with Gasteiger partial charge in [-0.05, 0) is 44.7 Å². The highest BCUT2D eigenvalue weighted by Crippen LogP contribution is 2.57. The molecule has 226 valence electrons. The number of aromatic nitrogens is 2. The van der Waals surface area contributed by atoms with Gasteiger partial charge in [0.25, 0.3) is 0 Å². The predicted octanol–water partition coefficient (Wildman–Crippen LogP) is 4.23. The smallest absolute Gasteiger partial charge is 0.238 e. The summed E-state index contributed by atoms with van der Waals surface area (Å²) < 4.78 is 53.9. The van der Waals surface area contributed by atoms with Crippen LogP contribution in [0.4, 0.5) is 15.8 Å². The number of benzene rings is 1. The van der Waals surface area contributed by atoms with E-state index in [1.54, 1.807) is 24.2 Å². The highest BCUT2D eigenvalue weighted by Gasteiger charge is 2.58. The van der Waals surface area contributed by atoms with Crippen LogP contribution in [0.15, 0.2) is 30.6 Å². The molecular formula is C30H38FN5O5S. The van der Waals surface area contributed by atoms with Crippen LogP contribution in [0.3, 0.4) is 0 Å². The van der Waals surface area contributed by atoms with E-state index in [9.17, 15) is 13.2 Å². The molecule has 1 saturated carbocycles. The molecule has 0 saturated heterocycles. The van der Waals surface area contributed by atoms with Gasteiger partial charge in [0.05, 0.1) is 35.2 Å². The average molecular weight is 600 g/mol. The molecule has 0 bridgehead atoms. The van der Waals surface area contributed by atoms with Crippen molar-refractivity contribution in [2.24, 2.45) is 5.92 Å². The number of likely N-dealkylation sites (N-methyl/N-ethyl adjacent to an activating group) is 1. The number of ether oxygens (including phenoxy) is 2. The van der Waals surface area contributed by atoms with E-state index < -0.39 is 21.3 Å². The van der Waals surface area contributed by atoms with Crippen LogP contribution in [-0.2, 0) is 25.0 Å². The van der Waals surface area contributed by atoms with Gasteiger partial charge < -0.3 is 19.7 Å². The van der Waals surface area contributed by atoms with Crippen molar-refractivity contribution in [3.63, 3.8) is 0 Å². The highest BCUT2D eigenvalue weighted by atomic mass is 32.2. The second-order valence-corrected chi connectivity index (χ2v) is 13.6. The SMILES string of the molecule is CC(C)NCCOc1ncc(-c2cc3c4c(cnc3cc2F)N(C)C(=O)C42CC(COC(C)C)C2)cc1NS(C)(=O)=O. The topological polar surface area (TPSA) is 123 Å². The zero-order valence-corrected chi connectivity index (χ0v) is 25.6. The van der Waals surface area contributed by atoms with Gasteiger partial charge in [-0.25, -0.2) is 17.8 Å². The molecule has 1 spiro atoms. The summed E-state index contributed by atoms with van der Waals surface area (Å²) in [5.74, 6) is -0.196. The van der Waals surface area contributed by atoms with Crippen molar-refractivity contribution in [1.29, 1.82) is 0 Å². The second kappa shape index (κ2) is 11.4. The van der Waals surface area contributed by atoms with Gasteiger partial charge >= 0.3 is 0 Å². The first kappa shape index (κ1) is 30.1. The maximum absolute atomic E-state index is 15.6. The zero-order chi connectivity index (χ0) is 30.4. The number of pyridine rings is 2. The van der Waals surface area contributed by atoms with E-state index in [1.807, 2.05) is 27.7 Å². The van der Waals surface area contributed by atoms with Gasteiger partial charge in [-0.1, -0.05) is 13.8 Å². The normalized spacial score (nSPS) is 20.1. The highest BCUT2D eigenvalue weighted by molar-refractivity contribution is 7.92. The average Bonchev–Trinajstić information content (AvgIpc) is 3.10. The minimum Gasteiger partial charge on any atom is -0.475 e. The summed E-state index contributed by atoms with van der Waals surface area (Å²) in [5.41, 5.74) is 1.97. The van der Waals surface area contributed by atoms with Crippen LogP contribution in [0.2, 0.25) is 0 Å². The lowest BCUT2D eigenvalue weighted by Crippen LogP contribution is -2.50. The Hall–Kier alpha value is -3.35. The Morgan fingerprint density at radius 1 is 1.14 bits per heavy atom. The van der Waals surface area contributed by atoms with E-state index in [4.69, 9.17) is 9.47 Å². The number of halogens is 1. The third kappa shape index (κ3) is 5.80. The standard InChI is InChI=1S/C30H38FN5O5S/c1-17(2)32-7-8-40-28-25(35-42(6,38)39)9-20(14-34-28)21-10-22-24(11-23(21)31)33-15-26-27(22)30(29(37)36(26)5)12-19(13-30)16-41-18(3)4/h9-11,14-15,17-19,32,35H,7-8,12-13,16H2,1-6H3. The molecule has 2 aliphatic rings. The van der Waals surface area contributed by atoms with E-state index >= 15 is 4.39 Å². The van der Waals surface area contributed by atoms with Crippen molar-refractivity contribution in [3.8, 4) is 17.0 Å². The van der Waals surface area contributed by atoms with Gasteiger partial charge in [0.15, 0.2) is 0 Å². The molecule has 0 unspecified atom stereocenters. The molecule has 0 radical (unpaired) electrons. The monoisotopic (exact) mass is 599 g/mol. The van der Waals surface area contributed by atoms with Gasteiger partial charge in [0.1, 0.15) is 18.1 Å². The summed E-state index contributed by atoms with van der Waals surface area (Å²) in [6.07, 6.45) is 5.51. The minimum atomic E-state index is -3.68. The third-order valence-electron chi connectivity index (χ3n) is 7.78. The van der Waals surface area contributed by atoms with E-state index in [-0.39, 0.29) is 47.7 Å². The largest absolute Gasteiger partial charge is 0.475 e. The number of rotatable bonds is 11. The van der Waals surface area contributed by atoms with Crippen LogP contribution in [0.1, 0.15) is 46.1 Å². The zero-order valence-electron chi connectivity index (χ0n) is 24.8. The maximum Gasteiger partial charge on any atom is 0.238 e. The van der Waals surface area contributed by atoms with Crippen molar-refractivity contribution in [2.45, 2.75) is 58.1 Å². The fraction of sp³-hybridized carbons (Fsp3) is 0.500. The molecule has 1 aliphatic heterocycles. The molecule has 1 aromatic carbocycles. The number of anilines is 2. The molecule has 10 nitrogen and oxygen atoms in total. The number of carbonyl (C=O) groups excluding carboxylic acids is 1. The van der Waals surface area contributed by atoms with Gasteiger partial charge in [-0.2, -0.15) is 0 Å². The van der Waals surface area contributed by atoms with Crippen molar-refractivity contribution in [1.82, 2.24) is 15.3 Å². The summed E-state index contributed by atoms with van der Waals surface area (Å²) in [5, 5.41) is 3.90. The Labute approximate surface area is 246 Å². The maximum atomic E-state index is 15.6. The van der Waals surface area contributed by atoms with Crippen LogP contribution in [0.5, 0.6) is 5.88 Å². The molecule has 3 heterocycles. The van der Waals surface area contributed by atoms with Crippen LogP contribution in [0, 0.1) is 11.7 Å². The Balaban J connectivity index is 1.55. The van der Waals surface area contributed by atoms with Crippen molar-refractivity contribution in [2.75, 3.05) is 42.7 Å². The summed E-state index contributed by atoms with van der Waals surface area (Å²) in [6, 6.07) is 4.82. The van der Waals surface area contributed by atoms with Gasteiger partial charge in [-0.3, -0.25) is 14.5 Å². The number of sulfonamides is 1. The molecular weight excluding hydrogens is 561 g/mol. The van der Waals surface area contributed by atoms with Gasteiger partial charge in [0, 0.05) is 60.6 Å². The van der Waals surface area contributed by atoms with E-state index in [0.29, 0.717) is 48.1 Å². The molecule has 12 heteroatoms. The first-order valence-corrected chi connectivity index (χ1v) is 16.0. The first-order chi connectivity index (χ1) is 19.8. The first-order valence-electron chi connectivity index (χ1n) is 14.2. The predicted molar refractivity (Wildman–Crippen MR) is 161 cm³/mol. The lowest BCUT2D eigenvalue weighted by Gasteiger charge is -2.44. The fourth-order valence-electron chi connectivity index (χ4n) is 5.95. The number of fused-ring (bicyclic) bond motifs is 4. The summed E-state index contributed by atoms with van der Waals surface area (Å²) in [4.78, 5) is 24.0. The van der Waals surface area contributed by atoms with E-state index in [0.717, 1.165) is 11.8 Å². The summed E-state index contributed by atoms with van der Waals surface area (Å²) >= 11 is 0. The van der Waals surface area contributed by atoms with Crippen LogP contribution in [-0.4, -0.2) is 69.5 Å². The Kier molecular flexibility index (Phi) is 8.16. The Bertz CT molecular complexity index is 1620. The number of hydrogen-bond acceptors (Lipinski definition) is 8. The summed E-state index contributed by atoms with van der Waals surface area (Å²) in [7, 11) is -1.93. The molecule has 1 aliphatic carbocycles. The van der Waals surface area contributed by atoms with E-state index in [2.05, 4.69) is 20.0 Å².